The number of carbonyl (C=O) groups is 3. The number of amides is 3. The topological polar surface area (TPSA) is 153 Å². The number of rotatable bonds is 11. The normalized spacial score (nSPS) is 13.8. The number of phenols is 2. The number of nitrogens with two attached hydrogens (primary N) is 1. The highest BCUT2D eigenvalue weighted by molar-refractivity contribution is 7.97. The fourth-order valence-electron chi connectivity index (χ4n) is 5.05. The van der Waals surface area contributed by atoms with Gasteiger partial charge in [-0.15, -0.1) is 12.6 Å². The van der Waals surface area contributed by atoms with E-state index < -0.39 is 0 Å². The summed E-state index contributed by atoms with van der Waals surface area (Å²) < 4.78 is 2.01. The van der Waals surface area contributed by atoms with Crippen molar-refractivity contribution >= 4 is 57.8 Å². The van der Waals surface area contributed by atoms with Gasteiger partial charge in [-0.25, -0.2) is 0 Å². The summed E-state index contributed by atoms with van der Waals surface area (Å²) in [6, 6.07) is 10.6. The van der Waals surface area contributed by atoms with Crippen molar-refractivity contribution in [3.05, 3.63) is 60.3 Å². The molecule has 0 bridgehead atoms. The number of phenolic OH excluding ortho intramolecular Hbond substituents is 2. The number of carbonyl (C=O) groups excluding carboxylic acids is 3. The summed E-state index contributed by atoms with van der Waals surface area (Å²) >= 11 is 4.45. The van der Waals surface area contributed by atoms with Crippen molar-refractivity contribution in [2.24, 2.45) is 10.9 Å². The molecule has 1 aliphatic rings. The highest BCUT2D eigenvalue weighted by atomic mass is 32.1. The number of thiol groups is 1. The van der Waals surface area contributed by atoms with Crippen LogP contribution < -0.4 is 16.1 Å². The molecule has 0 atom stereocenters. The number of nitrogens with zero attached hydrogens (tertiary/aromatic N) is 4. The van der Waals surface area contributed by atoms with Crippen molar-refractivity contribution in [3.63, 3.8) is 0 Å². The number of fused-ring (bicyclic) bond motifs is 1. The van der Waals surface area contributed by atoms with E-state index in [1.54, 1.807) is 11.0 Å². The maximum atomic E-state index is 12.3. The molecule has 1 saturated heterocycles. The second-order valence-corrected chi connectivity index (χ2v) is 10.8. The van der Waals surface area contributed by atoms with Gasteiger partial charge in [0.25, 0.3) is 0 Å². The number of likely N-dealkylation sites (tertiary alicyclic amines) is 1. The van der Waals surface area contributed by atoms with Gasteiger partial charge < -0.3 is 25.9 Å². The van der Waals surface area contributed by atoms with E-state index in [1.807, 2.05) is 48.9 Å². The zero-order chi connectivity index (χ0) is 30.6. The van der Waals surface area contributed by atoms with Crippen LogP contribution >= 0.6 is 12.6 Å². The molecular formula is C30H36N6O5S. The molecule has 1 fully saturated rings. The fourth-order valence-corrected chi connectivity index (χ4v) is 5.29. The first-order valence-electron chi connectivity index (χ1n) is 13.7. The van der Waals surface area contributed by atoms with Crippen LogP contribution in [0, 0.1) is 0 Å². The Bertz CT molecular complexity index is 1550. The van der Waals surface area contributed by atoms with Crippen LogP contribution in [0.25, 0.3) is 16.6 Å². The number of hydrazone groups is 1. The van der Waals surface area contributed by atoms with Crippen LogP contribution in [-0.4, -0.2) is 55.7 Å². The molecule has 0 saturated carbocycles. The van der Waals surface area contributed by atoms with Crippen molar-refractivity contribution in [3.8, 4) is 11.5 Å². The number of hydrogen-bond donors (Lipinski definition) is 5. The van der Waals surface area contributed by atoms with E-state index in [9.17, 15) is 24.6 Å². The Morgan fingerprint density at radius 2 is 1.83 bits per heavy atom. The van der Waals surface area contributed by atoms with Gasteiger partial charge in [0.15, 0.2) is 5.17 Å². The smallest absolute Gasteiger partial charge is 0.229 e. The zero-order valence-corrected chi connectivity index (χ0v) is 24.6. The van der Waals surface area contributed by atoms with E-state index in [1.165, 1.54) is 11.0 Å². The summed E-state index contributed by atoms with van der Waals surface area (Å²) in [6.45, 7) is 9.27. The summed E-state index contributed by atoms with van der Waals surface area (Å²) in [7, 11) is 0. The Kier molecular flexibility index (Phi) is 9.46. The van der Waals surface area contributed by atoms with Crippen molar-refractivity contribution in [2.75, 3.05) is 18.0 Å². The Labute approximate surface area is 249 Å². The third-order valence-corrected chi connectivity index (χ3v) is 7.61. The Balaban J connectivity index is 1.43. The molecule has 3 amide bonds. The standard InChI is InChI=1S/C30H36N6O5S/c1-18(2)22-16-23(26(38)17-25(22)37)19(3)36(30(42)33-31)21-6-7-24-20(15-21)10-13-34(24)14-11-32-27(39)5-4-12-35-28(40)8-9-29(35)41/h6-7,10,13,15-18,37-38H,3-5,8-9,11-12,14,31H2,1-2H3,(H,32,39)(H,33,42). The molecule has 0 aliphatic carbocycles. The average Bonchev–Trinajstić information content (AvgIpc) is 3.50. The Morgan fingerprint density at radius 1 is 1.12 bits per heavy atom. The second kappa shape index (κ2) is 13.0. The Morgan fingerprint density at radius 3 is 2.50 bits per heavy atom. The molecular weight excluding hydrogens is 556 g/mol. The molecule has 0 radical (unpaired) electrons. The number of hydrogen-bond acceptors (Lipinski definition) is 7. The van der Waals surface area contributed by atoms with Crippen molar-refractivity contribution in [1.82, 2.24) is 14.8 Å². The molecule has 1 aromatic heterocycles. The van der Waals surface area contributed by atoms with Gasteiger partial charge in [0.1, 0.15) is 11.5 Å². The maximum Gasteiger partial charge on any atom is 0.229 e. The number of aromatic hydroxyl groups is 2. The number of nitrogens with one attached hydrogen (secondary N) is 1. The monoisotopic (exact) mass is 592 g/mol. The van der Waals surface area contributed by atoms with Gasteiger partial charge in [-0.3, -0.25) is 24.2 Å². The molecule has 2 heterocycles. The fraction of sp³-hybridized carbons (Fsp3) is 0.333. The molecule has 222 valence electrons. The molecule has 0 spiro atoms. The molecule has 12 heteroatoms. The van der Waals surface area contributed by atoms with Crippen LogP contribution in [0.5, 0.6) is 11.5 Å². The first-order valence-corrected chi connectivity index (χ1v) is 14.2. The summed E-state index contributed by atoms with van der Waals surface area (Å²) in [5.74, 6) is 4.98. The van der Waals surface area contributed by atoms with E-state index in [0.717, 1.165) is 10.9 Å². The number of aromatic nitrogens is 1. The van der Waals surface area contributed by atoms with Crippen LogP contribution in [-0.2, 0) is 20.9 Å². The number of amidine groups is 1. The van der Waals surface area contributed by atoms with Crippen molar-refractivity contribution < 1.29 is 24.6 Å². The Hall–Kier alpha value is -4.45. The molecule has 3 aromatic rings. The molecule has 11 nitrogen and oxygen atoms in total. The largest absolute Gasteiger partial charge is 0.508 e. The lowest BCUT2D eigenvalue weighted by molar-refractivity contribution is -0.138. The van der Waals surface area contributed by atoms with Crippen LogP contribution in [0.2, 0.25) is 0 Å². The predicted molar refractivity (Wildman–Crippen MR) is 166 cm³/mol. The molecule has 5 N–H and O–H groups in total. The minimum Gasteiger partial charge on any atom is -0.508 e. The minimum absolute atomic E-state index is 0.00167. The number of imide groups is 1. The predicted octanol–water partition coefficient (Wildman–Crippen LogP) is 3.86. The summed E-state index contributed by atoms with van der Waals surface area (Å²) in [5.41, 5.74) is 3.02. The van der Waals surface area contributed by atoms with E-state index in [2.05, 4.69) is 29.6 Å². The van der Waals surface area contributed by atoms with Gasteiger partial charge >= 0.3 is 0 Å². The second-order valence-electron chi connectivity index (χ2n) is 10.4. The van der Waals surface area contributed by atoms with E-state index >= 15 is 0 Å². The first kappa shape index (κ1) is 30.5. The highest BCUT2D eigenvalue weighted by Crippen LogP contribution is 2.38. The van der Waals surface area contributed by atoms with Crippen molar-refractivity contribution in [1.29, 1.82) is 0 Å². The van der Waals surface area contributed by atoms with E-state index in [4.69, 9.17) is 5.84 Å². The lowest BCUT2D eigenvalue weighted by atomic mass is 9.97. The highest BCUT2D eigenvalue weighted by Gasteiger charge is 2.28. The maximum absolute atomic E-state index is 12.3. The van der Waals surface area contributed by atoms with Crippen LogP contribution in [0.1, 0.15) is 56.6 Å². The van der Waals surface area contributed by atoms with E-state index in [0.29, 0.717) is 42.0 Å². The molecule has 4 rings (SSSR count). The summed E-state index contributed by atoms with van der Waals surface area (Å²) in [5, 5.41) is 28.6. The third-order valence-electron chi connectivity index (χ3n) is 7.29. The van der Waals surface area contributed by atoms with Gasteiger partial charge in [0, 0.05) is 73.3 Å². The lowest BCUT2D eigenvalue weighted by Gasteiger charge is -2.27. The van der Waals surface area contributed by atoms with E-state index in [-0.39, 0.29) is 66.1 Å². The summed E-state index contributed by atoms with van der Waals surface area (Å²) in [4.78, 5) is 38.5. The first-order chi connectivity index (χ1) is 20.0. The molecule has 2 aromatic carbocycles. The van der Waals surface area contributed by atoms with Crippen LogP contribution in [0.4, 0.5) is 5.69 Å². The van der Waals surface area contributed by atoms with Crippen LogP contribution in [0.15, 0.2) is 54.3 Å². The number of anilines is 1. The number of benzene rings is 2. The molecule has 42 heavy (non-hydrogen) atoms. The van der Waals surface area contributed by atoms with Crippen molar-refractivity contribution in [2.45, 2.75) is 52.0 Å². The van der Waals surface area contributed by atoms with Gasteiger partial charge in [-0.2, -0.15) is 5.10 Å². The minimum atomic E-state index is -0.171. The van der Waals surface area contributed by atoms with Crippen LogP contribution in [0.3, 0.4) is 0 Å². The lowest BCUT2D eigenvalue weighted by Crippen LogP contribution is -2.32. The van der Waals surface area contributed by atoms with Gasteiger partial charge in [0.05, 0.1) is 5.70 Å². The molecule has 0 unspecified atom stereocenters. The molecule has 1 aliphatic heterocycles. The van der Waals surface area contributed by atoms with Gasteiger partial charge in [-0.05, 0) is 48.2 Å². The third kappa shape index (κ3) is 6.54. The van der Waals surface area contributed by atoms with Gasteiger partial charge in [0.2, 0.25) is 17.7 Å². The summed E-state index contributed by atoms with van der Waals surface area (Å²) in [6.07, 6.45) is 3.09. The zero-order valence-electron chi connectivity index (χ0n) is 23.7. The van der Waals surface area contributed by atoms with Gasteiger partial charge in [-0.1, -0.05) is 20.4 Å². The quantitative estimate of drug-likeness (QED) is 0.0566. The average molecular weight is 593 g/mol. The SMILES string of the molecule is C=C(c1cc(C(C)C)c(O)cc1O)N(/C(S)=N\N)c1ccc2c(ccn2CCNC(=O)CCCN2C(=O)CCC2=O)c1.